The fourth-order valence-electron chi connectivity index (χ4n) is 1.61. The number of rotatable bonds is 3. The van der Waals surface area contributed by atoms with Gasteiger partial charge in [-0.05, 0) is 24.7 Å². The Bertz CT molecular complexity index is 130. The van der Waals surface area contributed by atoms with Crippen LogP contribution >= 0.6 is 0 Å². The summed E-state index contributed by atoms with van der Waals surface area (Å²) in [4.78, 5) is 10.7. The SMILES string of the molecule is CC(=O)CC(C)CC(C)(C)C. The normalized spacial score (nSPS) is 14.6. The quantitative estimate of drug-likeness (QED) is 0.614. The summed E-state index contributed by atoms with van der Waals surface area (Å²) in [5.41, 5.74) is 0.356. The van der Waals surface area contributed by atoms with Crippen LogP contribution in [-0.4, -0.2) is 5.78 Å². The van der Waals surface area contributed by atoms with Crippen LogP contribution in [0.3, 0.4) is 0 Å². The summed E-state index contributed by atoms with van der Waals surface area (Å²) in [7, 11) is 0. The molecule has 0 N–H and O–H groups in total. The van der Waals surface area contributed by atoms with Gasteiger partial charge in [-0.3, -0.25) is 0 Å². The highest BCUT2D eigenvalue weighted by molar-refractivity contribution is 5.75. The molecule has 0 bridgehead atoms. The smallest absolute Gasteiger partial charge is 0.130 e. The van der Waals surface area contributed by atoms with Gasteiger partial charge in [-0.15, -0.1) is 0 Å². The molecule has 66 valence electrons. The third-order valence-corrected chi connectivity index (χ3v) is 1.60. The van der Waals surface area contributed by atoms with E-state index in [1.54, 1.807) is 6.92 Å². The zero-order chi connectivity index (χ0) is 9.07. The van der Waals surface area contributed by atoms with E-state index in [2.05, 4.69) is 27.7 Å². The van der Waals surface area contributed by atoms with Gasteiger partial charge < -0.3 is 4.79 Å². The molecule has 0 aromatic heterocycles. The highest BCUT2D eigenvalue weighted by atomic mass is 16.1. The van der Waals surface area contributed by atoms with Crippen LogP contribution in [0.1, 0.15) is 47.5 Å². The van der Waals surface area contributed by atoms with Crippen molar-refractivity contribution < 1.29 is 4.79 Å². The van der Waals surface area contributed by atoms with Crippen LogP contribution in [0.4, 0.5) is 0 Å². The Morgan fingerprint density at radius 3 is 2.09 bits per heavy atom. The molecule has 0 fully saturated rings. The van der Waals surface area contributed by atoms with Gasteiger partial charge in [-0.1, -0.05) is 27.7 Å². The van der Waals surface area contributed by atoms with E-state index < -0.39 is 0 Å². The van der Waals surface area contributed by atoms with Gasteiger partial charge in [0.25, 0.3) is 0 Å². The van der Waals surface area contributed by atoms with E-state index in [4.69, 9.17) is 0 Å². The van der Waals surface area contributed by atoms with E-state index >= 15 is 0 Å². The second-order valence-electron chi connectivity index (χ2n) is 4.78. The van der Waals surface area contributed by atoms with Crippen molar-refractivity contribution in [1.82, 2.24) is 0 Å². The van der Waals surface area contributed by atoms with Crippen molar-refractivity contribution in [3.63, 3.8) is 0 Å². The molecule has 0 aliphatic rings. The second kappa shape index (κ2) is 3.89. The van der Waals surface area contributed by atoms with Crippen LogP contribution in [0.2, 0.25) is 0 Å². The van der Waals surface area contributed by atoms with Gasteiger partial charge in [0.05, 0.1) is 0 Å². The fraction of sp³-hybridized carbons (Fsp3) is 0.900. The number of carbonyl (C=O) groups is 1. The lowest BCUT2D eigenvalue weighted by atomic mass is 9.84. The lowest BCUT2D eigenvalue weighted by molar-refractivity contribution is -0.117. The Morgan fingerprint density at radius 1 is 1.36 bits per heavy atom. The maximum Gasteiger partial charge on any atom is 0.130 e. The van der Waals surface area contributed by atoms with Crippen molar-refractivity contribution in [1.29, 1.82) is 0 Å². The second-order valence-corrected chi connectivity index (χ2v) is 4.78. The van der Waals surface area contributed by atoms with Crippen molar-refractivity contribution >= 4 is 5.78 Å². The first-order chi connectivity index (χ1) is 4.81. The van der Waals surface area contributed by atoms with Crippen molar-refractivity contribution in [2.75, 3.05) is 0 Å². The third-order valence-electron chi connectivity index (χ3n) is 1.60. The molecule has 0 aromatic rings. The van der Waals surface area contributed by atoms with Crippen molar-refractivity contribution in [3.05, 3.63) is 0 Å². The Kier molecular flexibility index (Phi) is 3.77. The molecule has 1 atom stereocenters. The highest BCUT2D eigenvalue weighted by Crippen LogP contribution is 2.25. The molecule has 0 radical (unpaired) electrons. The summed E-state index contributed by atoms with van der Waals surface area (Å²) in [6.07, 6.45) is 1.86. The summed E-state index contributed by atoms with van der Waals surface area (Å²) in [5, 5.41) is 0. The molecule has 0 aliphatic carbocycles. The van der Waals surface area contributed by atoms with Gasteiger partial charge in [-0.25, -0.2) is 0 Å². The minimum Gasteiger partial charge on any atom is -0.300 e. The van der Waals surface area contributed by atoms with Crippen molar-refractivity contribution in [2.45, 2.75) is 47.5 Å². The third kappa shape index (κ3) is 7.57. The maximum absolute atomic E-state index is 10.7. The number of Topliss-reactive ketones (excluding diaryl/α,β-unsaturated/α-hetero) is 1. The predicted octanol–water partition coefficient (Wildman–Crippen LogP) is 3.04. The van der Waals surface area contributed by atoms with Crippen LogP contribution in [-0.2, 0) is 4.79 Å². The first-order valence-electron chi connectivity index (χ1n) is 4.31. The first-order valence-corrected chi connectivity index (χ1v) is 4.31. The summed E-state index contributed by atoms with van der Waals surface area (Å²) in [6.45, 7) is 10.4. The van der Waals surface area contributed by atoms with Crippen LogP contribution < -0.4 is 0 Å². The molecule has 0 saturated carbocycles. The first kappa shape index (κ1) is 10.7. The van der Waals surface area contributed by atoms with Crippen LogP contribution in [0.5, 0.6) is 0 Å². The molecule has 11 heavy (non-hydrogen) atoms. The molecule has 0 saturated heterocycles. The molecule has 0 aliphatic heterocycles. The molecule has 1 nitrogen and oxygen atoms in total. The number of hydrogen-bond donors (Lipinski definition) is 0. The van der Waals surface area contributed by atoms with E-state index in [1.165, 1.54) is 0 Å². The molecule has 0 rings (SSSR count). The van der Waals surface area contributed by atoms with E-state index in [0.717, 1.165) is 12.8 Å². The molecule has 0 heterocycles. The minimum absolute atomic E-state index is 0.307. The standard InChI is InChI=1S/C10H20O/c1-8(6-9(2)11)7-10(3,4)5/h8H,6-7H2,1-5H3. The molecule has 0 aromatic carbocycles. The summed E-state index contributed by atoms with van der Waals surface area (Å²) in [6, 6.07) is 0. The Hall–Kier alpha value is -0.330. The number of ketones is 1. The van der Waals surface area contributed by atoms with E-state index in [0.29, 0.717) is 17.1 Å². The average Bonchev–Trinajstić information content (AvgIpc) is 1.53. The summed E-state index contributed by atoms with van der Waals surface area (Å²) >= 11 is 0. The molecule has 0 amide bonds. The zero-order valence-electron chi connectivity index (χ0n) is 8.40. The number of hydrogen-bond acceptors (Lipinski definition) is 1. The van der Waals surface area contributed by atoms with Crippen LogP contribution in [0.15, 0.2) is 0 Å². The van der Waals surface area contributed by atoms with Gasteiger partial charge in [0, 0.05) is 6.42 Å². The zero-order valence-corrected chi connectivity index (χ0v) is 8.40. The van der Waals surface area contributed by atoms with Crippen LogP contribution in [0.25, 0.3) is 0 Å². The van der Waals surface area contributed by atoms with Gasteiger partial charge >= 0.3 is 0 Å². The van der Waals surface area contributed by atoms with Crippen LogP contribution in [0, 0.1) is 11.3 Å². The molecule has 1 unspecified atom stereocenters. The topological polar surface area (TPSA) is 17.1 Å². The molecule has 1 heteroatoms. The van der Waals surface area contributed by atoms with Gasteiger partial charge in [0.15, 0.2) is 0 Å². The highest BCUT2D eigenvalue weighted by Gasteiger charge is 2.15. The average molecular weight is 156 g/mol. The van der Waals surface area contributed by atoms with Gasteiger partial charge in [0.1, 0.15) is 5.78 Å². The molecular formula is C10H20O. The lowest BCUT2D eigenvalue weighted by Gasteiger charge is -2.22. The van der Waals surface area contributed by atoms with Gasteiger partial charge in [0.2, 0.25) is 0 Å². The summed E-state index contributed by atoms with van der Waals surface area (Å²) < 4.78 is 0. The Labute approximate surface area is 70.2 Å². The predicted molar refractivity (Wildman–Crippen MR) is 48.5 cm³/mol. The molecule has 0 spiro atoms. The van der Waals surface area contributed by atoms with Crippen molar-refractivity contribution in [2.24, 2.45) is 11.3 Å². The van der Waals surface area contributed by atoms with E-state index in [9.17, 15) is 4.79 Å². The fourth-order valence-corrected chi connectivity index (χ4v) is 1.61. The van der Waals surface area contributed by atoms with E-state index in [1.807, 2.05) is 0 Å². The monoisotopic (exact) mass is 156 g/mol. The lowest BCUT2D eigenvalue weighted by Crippen LogP contribution is -2.12. The van der Waals surface area contributed by atoms with Crippen molar-refractivity contribution in [3.8, 4) is 0 Å². The van der Waals surface area contributed by atoms with Gasteiger partial charge in [-0.2, -0.15) is 0 Å². The largest absolute Gasteiger partial charge is 0.300 e. The summed E-state index contributed by atoms with van der Waals surface area (Å²) in [5.74, 6) is 0.842. The molecular weight excluding hydrogens is 136 g/mol. The maximum atomic E-state index is 10.7. The Morgan fingerprint density at radius 2 is 1.82 bits per heavy atom. The Balaban J connectivity index is 3.69. The van der Waals surface area contributed by atoms with E-state index in [-0.39, 0.29) is 0 Å². The number of carbonyl (C=O) groups excluding carboxylic acids is 1. The minimum atomic E-state index is 0.307.